The summed E-state index contributed by atoms with van der Waals surface area (Å²) in [7, 11) is 1.93. The van der Waals surface area contributed by atoms with Crippen molar-refractivity contribution >= 4 is 23.0 Å². The molecule has 0 atom stereocenters. The molecule has 3 N–H and O–H groups in total. The number of nitrogens with two attached hydrogens (primary N) is 1. The maximum atomic E-state index is 5.94. The molecule has 1 heterocycles. The maximum absolute atomic E-state index is 5.94. The van der Waals surface area contributed by atoms with Crippen LogP contribution in [0.1, 0.15) is 5.69 Å². The zero-order valence-electron chi connectivity index (χ0n) is 9.65. The van der Waals surface area contributed by atoms with Gasteiger partial charge in [0.05, 0.1) is 16.4 Å². The van der Waals surface area contributed by atoms with Crippen LogP contribution in [0.5, 0.6) is 0 Å². The molecular weight excluding hydrogens is 236 g/mol. The number of anilines is 2. The fourth-order valence-corrected chi connectivity index (χ4v) is 1.84. The van der Waals surface area contributed by atoms with Crippen molar-refractivity contribution in [1.29, 1.82) is 0 Å². The molecule has 0 aliphatic rings. The summed E-state index contributed by atoms with van der Waals surface area (Å²) in [5.74, 6) is 0. The Labute approximate surface area is 105 Å². The molecule has 0 saturated carbocycles. The Balaban J connectivity index is 1.95. The zero-order chi connectivity index (χ0) is 12.3. The maximum Gasteiger partial charge on any atom is 0.0739 e. The fraction of sp³-hybridized carbons (Fsp3) is 0.250. The van der Waals surface area contributed by atoms with E-state index in [9.17, 15) is 0 Å². The van der Waals surface area contributed by atoms with E-state index >= 15 is 0 Å². The van der Waals surface area contributed by atoms with Crippen molar-refractivity contribution in [2.45, 2.75) is 6.42 Å². The first kappa shape index (κ1) is 11.8. The summed E-state index contributed by atoms with van der Waals surface area (Å²) in [6, 6.07) is 7.59. The fourth-order valence-electron chi connectivity index (χ4n) is 1.66. The van der Waals surface area contributed by atoms with E-state index in [0.29, 0.717) is 10.7 Å². The lowest BCUT2D eigenvalue weighted by Gasteiger charge is -2.10. The molecule has 0 radical (unpaired) electrons. The number of nitrogen functional groups attached to an aromatic ring is 1. The first-order chi connectivity index (χ1) is 8.18. The number of hydrogen-bond donors (Lipinski definition) is 2. The summed E-state index contributed by atoms with van der Waals surface area (Å²) in [6.45, 7) is 0.796. The summed E-state index contributed by atoms with van der Waals surface area (Å²) >= 11 is 5.94. The van der Waals surface area contributed by atoms with Gasteiger partial charge < -0.3 is 11.1 Å². The molecule has 0 fully saturated rings. The van der Waals surface area contributed by atoms with Gasteiger partial charge in [0.15, 0.2) is 0 Å². The standard InChI is InChI=1S/C12H15ClN4/c1-17-9(6-8-16-17)5-7-15-11-4-2-3-10(13)12(11)14/h2-4,6,8,15H,5,7,14H2,1H3. The minimum Gasteiger partial charge on any atom is -0.396 e. The Morgan fingerprint density at radius 2 is 2.24 bits per heavy atom. The summed E-state index contributed by atoms with van der Waals surface area (Å²) in [5.41, 5.74) is 8.51. The molecule has 0 saturated heterocycles. The molecule has 90 valence electrons. The highest BCUT2D eigenvalue weighted by atomic mass is 35.5. The van der Waals surface area contributed by atoms with E-state index in [1.165, 1.54) is 5.69 Å². The first-order valence-electron chi connectivity index (χ1n) is 5.43. The molecule has 2 rings (SSSR count). The average Bonchev–Trinajstić information content (AvgIpc) is 2.71. The quantitative estimate of drug-likeness (QED) is 0.819. The highest BCUT2D eigenvalue weighted by Gasteiger charge is 2.03. The predicted molar refractivity (Wildman–Crippen MR) is 71.3 cm³/mol. The molecular formula is C12H15ClN4. The minimum atomic E-state index is 0.579. The third kappa shape index (κ3) is 2.71. The topological polar surface area (TPSA) is 55.9 Å². The first-order valence-corrected chi connectivity index (χ1v) is 5.81. The number of halogens is 1. The molecule has 4 nitrogen and oxygen atoms in total. The second-order valence-electron chi connectivity index (χ2n) is 3.82. The largest absolute Gasteiger partial charge is 0.396 e. The third-order valence-corrected chi connectivity index (χ3v) is 3.00. The normalized spacial score (nSPS) is 10.5. The van der Waals surface area contributed by atoms with Crippen LogP contribution in [0.15, 0.2) is 30.5 Å². The highest BCUT2D eigenvalue weighted by Crippen LogP contribution is 2.26. The number of para-hydroxylation sites is 1. The van der Waals surface area contributed by atoms with Gasteiger partial charge in [0.1, 0.15) is 0 Å². The molecule has 1 aromatic carbocycles. The molecule has 0 aliphatic heterocycles. The summed E-state index contributed by atoms with van der Waals surface area (Å²) in [4.78, 5) is 0. The van der Waals surface area contributed by atoms with Crippen molar-refractivity contribution in [1.82, 2.24) is 9.78 Å². The predicted octanol–water partition coefficient (Wildman–Crippen LogP) is 2.31. The molecule has 0 bridgehead atoms. The van der Waals surface area contributed by atoms with Crippen LogP contribution in [-0.4, -0.2) is 16.3 Å². The van der Waals surface area contributed by atoms with Crippen molar-refractivity contribution < 1.29 is 0 Å². The number of nitrogens with one attached hydrogen (secondary N) is 1. The van der Waals surface area contributed by atoms with Gasteiger partial charge in [-0.15, -0.1) is 0 Å². The van der Waals surface area contributed by atoms with E-state index in [1.807, 2.05) is 29.9 Å². The number of hydrogen-bond acceptors (Lipinski definition) is 3. The Kier molecular flexibility index (Phi) is 3.54. The lowest BCUT2D eigenvalue weighted by atomic mass is 10.2. The molecule has 5 heteroatoms. The van der Waals surface area contributed by atoms with Crippen LogP contribution in [-0.2, 0) is 13.5 Å². The van der Waals surface area contributed by atoms with Crippen LogP contribution < -0.4 is 11.1 Å². The van der Waals surface area contributed by atoms with Gasteiger partial charge in [-0.05, 0) is 18.2 Å². The van der Waals surface area contributed by atoms with Gasteiger partial charge in [0.25, 0.3) is 0 Å². The average molecular weight is 251 g/mol. The van der Waals surface area contributed by atoms with Gasteiger partial charge in [-0.1, -0.05) is 17.7 Å². The Morgan fingerprint density at radius 1 is 1.41 bits per heavy atom. The van der Waals surface area contributed by atoms with Crippen LogP contribution in [0.25, 0.3) is 0 Å². The van der Waals surface area contributed by atoms with Gasteiger partial charge in [0.2, 0.25) is 0 Å². The van der Waals surface area contributed by atoms with Gasteiger partial charge in [-0.2, -0.15) is 5.10 Å². The van der Waals surface area contributed by atoms with Crippen LogP contribution in [0.4, 0.5) is 11.4 Å². The zero-order valence-corrected chi connectivity index (χ0v) is 10.4. The Hall–Kier alpha value is -1.68. The van der Waals surface area contributed by atoms with E-state index in [-0.39, 0.29) is 0 Å². The summed E-state index contributed by atoms with van der Waals surface area (Å²) < 4.78 is 1.86. The molecule has 17 heavy (non-hydrogen) atoms. The third-order valence-electron chi connectivity index (χ3n) is 2.67. The lowest BCUT2D eigenvalue weighted by molar-refractivity contribution is 0.711. The molecule has 0 amide bonds. The van der Waals surface area contributed by atoms with Crippen LogP contribution in [0.2, 0.25) is 5.02 Å². The van der Waals surface area contributed by atoms with E-state index in [0.717, 1.165) is 18.7 Å². The lowest BCUT2D eigenvalue weighted by Crippen LogP contribution is -2.09. The minimum absolute atomic E-state index is 0.579. The molecule has 0 spiro atoms. The van der Waals surface area contributed by atoms with E-state index < -0.39 is 0 Å². The second kappa shape index (κ2) is 5.10. The molecule has 0 aliphatic carbocycles. The molecule has 1 aromatic heterocycles. The van der Waals surface area contributed by atoms with Crippen molar-refractivity contribution in [2.24, 2.45) is 7.05 Å². The van der Waals surface area contributed by atoms with E-state index in [2.05, 4.69) is 10.4 Å². The van der Waals surface area contributed by atoms with Crippen molar-refractivity contribution in [3.05, 3.63) is 41.2 Å². The Morgan fingerprint density at radius 3 is 2.94 bits per heavy atom. The number of rotatable bonds is 4. The summed E-state index contributed by atoms with van der Waals surface area (Å²) in [5, 5.41) is 7.96. The SMILES string of the molecule is Cn1nccc1CCNc1cccc(Cl)c1N. The molecule has 2 aromatic rings. The molecule has 0 unspecified atom stereocenters. The highest BCUT2D eigenvalue weighted by molar-refractivity contribution is 6.33. The Bertz CT molecular complexity index is 507. The van der Waals surface area contributed by atoms with Gasteiger partial charge in [-0.25, -0.2) is 0 Å². The van der Waals surface area contributed by atoms with Crippen molar-refractivity contribution in [2.75, 3.05) is 17.6 Å². The van der Waals surface area contributed by atoms with E-state index in [1.54, 1.807) is 12.3 Å². The van der Waals surface area contributed by atoms with Crippen molar-refractivity contribution in [3.63, 3.8) is 0 Å². The van der Waals surface area contributed by atoms with Gasteiger partial charge in [0, 0.05) is 31.9 Å². The number of nitrogens with zero attached hydrogens (tertiary/aromatic N) is 2. The summed E-state index contributed by atoms with van der Waals surface area (Å²) in [6.07, 6.45) is 2.69. The van der Waals surface area contributed by atoms with E-state index in [4.69, 9.17) is 17.3 Å². The number of aromatic nitrogens is 2. The van der Waals surface area contributed by atoms with Crippen LogP contribution >= 0.6 is 11.6 Å². The van der Waals surface area contributed by atoms with Crippen LogP contribution in [0, 0.1) is 0 Å². The number of benzene rings is 1. The smallest absolute Gasteiger partial charge is 0.0739 e. The van der Waals surface area contributed by atoms with Crippen molar-refractivity contribution in [3.8, 4) is 0 Å². The number of aryl methyl sites for hydroxylation is 1. The monoisotopic (exact) mass is 250 g/mol. The van der Waals surface area contributed by atoms with Gasteiger partial charge in [-0.3, -0.25) is 4.68 Å². The van der Waals surface area contributed by atoms with Crippen LogP contribution in [0.3, 0.4) is 0 Å². The second-order valence-corrected chi connectivity index (χ2v) is 4.23. The van der Waals surface area contributed by atoms with Gasteiger partial charge >= 0.3 is 0 Å².